The maximum Gasteiger partial charge on any atom is 0.255 e. The van der Waals surface area contributed by atoms with Crippen molar-refractivity contribution < 1.29 is 22.8 Å². The van der Waals surface area contributed by atoms with Crippen molar-refractivity contribution in [2.24, 2.45) is 0 Å². The first-order valence-corrected chi connectivity index (χ1v) is 16.0. The normalized spacial score (nSPS) is 12.7. The molecule has 0 aliphatic heterocycles. The Bertz CT molecular complexity index is 1630. The Balaban J connectivity index is 1.64. The van der Waals surface area contributed by atoms with E-state index < -0.39 is 15.7 Å². The topological polar surface area (TPSA) is 128 Å². The van der Waals surface area contributed by atoms with Gasteiger partial charge in [0.25, 0.3) is 5.91 Å². The lowest BCUT2D eigenvalue weighted by Gasteiger charge is -2.24. The molecule has 4 rings (SSSR count). The second kappa shape index (κ2) is 13.5. The van der Waals surface area contributed by atoms with E-state index in [-0.39, 0.29) is 33.2 Å². The maximum atomic E-state index is 14.0. The number of hydrogen-bond donors (Lipinski definition) is 3. The Morgan fingerprint density at radius 2 is 1.23 bits per heavy atom. The minimum atomic E-state index is -3.37. The van der Waals surface area contributed by atoms with E-state index in [9.17, 15) is 22.8 Å². The van der Waals surface area contributed by atoms with Crippen molar-refractivity contribution in [3.05, 3.63) is 82.4 Å². The first kappa shape index (κ1) is 31.9. The average Bonchev–Trinajstić information content (AvgIpc) is 2.95. The predicted octanol–water partition coefficient (Wildman–Crippen LogP) is 3.85. The standard InChI is InChI=1S/C32H39N5O5S/c1-36(2)18-6-16-33-26-14-15-27(34-17-7-19-37(3)4)29-28(26)30(38)24-13-8-21(20-25(24)31(29)39)32(40)35-22-9-11-23(12-10-22)43(5,41)42/h8-15,20,33-34H,6-7,16-19H2,1-5H3,(H,35,40). The van der Waals surface area contributed by atoms with Gasteiger partial charge < -0.3 is 25.8 Å². The summed E-state index contributed by atoms with van der Waals surface area (Å²) in [7, 11) is 4.62. The highest BCUT2D eigenvalue weighted by Gasteiger charge is 2.34. The van der Waals surface area contributed by atoms with E-state index in [0.717, 1.165) is 32.2 Å². The van der Waals surface area contributed by atoms with Crippen LogP contribution in [0.1, 0.15) is 55.0 Å². The average molecular weight is 606 g/mol. The Morgan fingerprint density at radius 1 is 0.721 bits per heavy atom. The summed E-state index contributed by atoms with van der Waals surface area (Å²) in [5.74, 6) is -1.09. The summed E-state index contributed by atoms with van der Waals surface area (Å²) in [5, 5.41) is 9.43. The summed E-state index contributed by atoms with van der Waals surface area (Å²) in [6, 6.07) is 14.0. The van der Waals surface area contributed by atoms with E-state index in [1.165, 1.54) is 42.5 Å². The van der Waals surface area contributed by atoms with Crippen LogP contribution in [-0.2, 0) is 9.84 Å². The van der Waals surface area contributed by atoms with Crippen LogP contribution < -0.4 is 16.0 Å². The van der Waals surface area contributed by atoms with Gasteiger partial charge in [0.1, 0.15) is 0 Å². The van der Waals surface area contributed by atoms with Crippen LogP contribution in [0.2, 0.25) is 0 Å². The largest absolute Gasteiger partial charge is 0.384 e. The summed E-state index contributed by atoms with van der Waals surface area (Å²) in [6.45, 7) is 3.00. The van der Waals surface area contributed by atoms with Gasteiger partial charge in [-0.2, -0.15) is 0 Å². The molecule has 3 aromatic rings. The number of sulfone groups is 1. The molecular weight excluding hydrogens is 566 g/mol. The lowest BCUT2D eigenvalue weighted by Crippen LogP contribution is -2.26. The maximum absolute atomic E-state index is 14.0. The first-order chi connectivity index (χ1) is 20.4. The molecule has 0 aromatic heterocycles. The lowest BCUT2D eigenvalue weighted by molar-refractivity contribution is 0.0979. The molecule has 1 aliphatic carbocycles. The number of nitrogens with one attached hydrogen (secondary N) is 3. The molecule has 0 spiro atoms. The molecule has 10 nitrogen and oxygen atoms in total. The van der Waals surface area contributed by atoms with Gasteiger partial charge in [0.2, 0.25) is 0 Å². The van der Waals surface area contributed by atoms with Crippen molar-refractivity contribution in [3.63, 3.8) is 0 Å². The fourth-order valence-electron chi connectivity index (χ4n) is 4.94. The second-order valence-electron chi connectivity index (χ2n) is 11.2. The molecule has 0 heterocycles. The molecule has 0 bridgehead atoms. The van der Waals surface area contributed by atoms with Crippen molar-refractivity contribution in [2.75, 3.05) is 76.6 Å². The van der Waals surface area contributed by atoms with Crippen LogP contribution in [0, 0.1) is 0 Å². The van der Waals surface area contributed by atoms with Gasteiger partial charge >= 0.3 is 0 Å². The summed E-state index contributed by atoms with van der Waals surface area (Å²) in [4.78, 5) is 45.3. The van der Waals surface area contributed by atoms with Crippen LogP contribution in [0.3, 0.4) is 0 Å². The highest BCUT2D eigenvalue weighted by atomic mass is 32.2. The van der Waals surface area contributed by atoms with E-state index in [0.29, 0.717) is 41.3 Å². The van der Waals surface area contributed by atoms with Crippen LogP contribution in [0.4, 0.5) is 17.1 Å². The Hall–Kier alpha value is -4.06. The third-order valence-corrected chi connectivity index (χ3v) is 8.29. The monoisotopic (exact) mass is 605 g/mol. The minimum absolute atomic E-state index is 0.139. The first-order valence-electron chi connectivity index (χ1n) is 14.2. The predicted molar refractivity (Wildman–Crippen MR) is 171 cm³/mol. The van der Waals surface area contributed by atoms with Crippen LogP contribution in [0.5, 0.6) is 0 Å². The number of ketones is 2. The molecular formula is C32H39N5O5S. The van der Waals surface area contributed by atoms with Crippen LogP contribution in [-0.4, -0.2) is 96.3 Å². The zero-order chi connectivity index (χ0) is 31.3. The lowest BCUT2D eigenvalue weighted by atomic mass is 9.81. The summed E-state index contributed by atoms with van der Waals surface area (Å²) in [5.41, 5.74) is 2.84. The number of hydrogen-bond acceptors (Lipinski definition) is 9. The minimum Gasteiger partial charge on any atom is -0.384 e. The third-order valence-electron chi connectivity index (χ3n) is 7.17. The number of amides is 1. The van der Waals surface area contributed by atoms with E-state index in [1.54, 1.807) is 0 Å². The van der Waals surface area contributed by atoms with Crippen molar-refractivity contribution in [2.45, 2.75) is 17.7 Å². The van der Waals surface area contributed by atoms with Crippen LogP contribution in [0.15, 0.2) is 59.5 Å². The molecule has 1 aliphatic rings. The second-order valence-corrected chi connectivity index (χ2v) is 13.3. The Labute approximate surface area is 253 Å². The molecule has 1 amide bonds. The molecule has 0 saturated carbocycles. The zero-order valence-electron chi connectivity index (χ0n) is 25.3. The highest BCUT2D eigenvalue weighted by molar-refractivity contribution is 7.90. The van der Waals surface area contributed by atoms with E-state index in [4.69, 9.17) is 0 Å². The molecule has 0 saturated heterocycles. The Morgan fingerprint density at radius 3 is 1.72 bits per heavy atom. The number of carbonyl (C=O) groups excluding carboxylic acids is 3. The molecule has 0 fully saturated rings. The highest BCUT2D eigenvalue weighted by Crippen LogP contribution is 2.37. The Kier molecular flexibility index (Phi) is 10.0. The smallest absolute Gasteiger partial charge is 0.255 e. The van der Waals surface area contributed by atoms with Gasteiger partial charge in [0.15, 0.2) is 21.4 Å². The molecule has 0 atom stereocenters. The van der Waals surface area contributed by atoms with Gasteiger partial charge in [-0.15, -0.1) is 0 Å². The summed E-state index contributed by atoms with van der Waals surface area (Å²) in [6.07, 6.45) is 2.82. The SMILES string of the molecule is CN(C)CCCNc1ccc(NCCCN(C)C)c2c1C(=O)c1ccc(C(=O)Nc3ccc(S(C)(=O)=O)cc3)cc1C2=O. The number of benzene rings is 3. The fourth-order valence-corrected chi connectivity index (χ4v) is 5.57. The third kappa shape index (κ3) is 7.67. The van der Waals surface area contributed by atoms with Crippen LogP contribution in [0.25, 0.3) is 0 Å². The fraction of sp³-hybridized carbons (Fsp3) is 0.344. The van der Waals surface area contributed by atoms with E-state index in [1.807, 2.05) is 40.3 Å². The molecule has 228 valence electrons. The van der Waals surface area contributed by atoms with Crippen molar-refractivity contribution >= 4 is 44.4 Å². The zero-order valence-corrected chi connectivity index (χ0v) is 26.1. The van der Waals surface area contributed by atoms with E-state index in [2.05, 4.69) is 25.8 Å². The molecule has 3 N–H and O–H groups in total. The quantitative estimate of drug-likeness (QED) is 0.195. The molecule has 3 aromatic carbocycles. The van der Waals surface area contributed by atoms with Crippen molar-refractivity contribution in [1.29, 1.82) is 0 Å². The number of carbonyl (C=O) groups is 3. The molecule has 0 radical (unpaired) electrons. The van der Waals surface area contributed by atoms with Gasteiger partial charge in [-0.25, -0.2) is 8.42 Å². The van der Waals surface area contributed by atoms with E-state index >= 15 is 0 Å². The number of nitrogens with zero attached hydrogens (tertiary/aromatic N) is 2. The molecule has 11 heteroatoms. The number of fused-ring (bicyclic) bond motifs is 2. The molecule has 43 heavy (non-hydrogen) atoms. The van der Waals surface area contributed by atoms with Gasteiger partial charge in [0.05, 0.1) is 16.0 Å². The van der Waals surface area contributed by atoms with Crippen molar-refractivity contribution in [3.8, 4) is 0 Å². The van der Waals surface area contributed by atoms with Crippen LogP contribution >= 0.6 is 0 Å². The van der Waals surface area contributed by atoms with Gasteiger partial charge in [-0.3, -0.25) is 14.4 Å². The molecule has 0 unspecified atom stereocenters. The number of rotatable bonds is 13. The van der Waals surface area contributed by atoms with Gasteiger partial charge in [-0.1, -0.05) is 0 Å². The van der Waals surface area contributed by atoms with Gasteiger partial charge in [-0.05, 0) is 109 Å². The van der Waals surface area contributed by atoms with Crippen molar-refractivity contribution in [1.82, 2.24) is 9.80 Å². The number of anilines is 3. The summed E-state index contributed by atoms with van der Waals surface area (Å²) < 4.78 is 23.5. The van der Waals surface area contributed by atoms with Gasteiger partial charge in [0, 0.05) is 53.1 Å². The summed E-state index contributed by atoms with van der Waals surface area (Å²) >= 11 is 0.